The van der Waals surface area contributed by atoms with Crippen LogP contribution in [-0.2, 0) is 9.59 Å². The average molecular weight is 269 g/mol. The van der Waals surface area contributed by atoms with E-state index in [9.17, 15) is 9.59 Å². The van der Waals surface area contributed by atoms with Crippen LogP contribution < -0.4 is 5.32 Å². The van der Waals surface area contributed by atoms with Crippen molar-refractivity contribution in [1.29, 1.82) is 0 Å². The van der Waals surface area contributed by atoms with Crippen LogP contribution in [-0.4, -0.2) is 23.5 Å². The van der Waals surface area contributed by atoms with Crippen LogP contribution in [0.5, 0.6) is 0 Å². The van der Waals surface area contributed by atoms with E-state index in [1.54, 1.807) is 0 Å². The zero-order valence-electron chi connectivity index (χ0n) is 12.4. The Kier molecular flexibility index (Phi) is 5.39. The summed E-state index contributed by atoms with van der Waals surface area (Å²) >= 11 is 0. The molecule has 0 heterocycles. The Hall–Kier alpha value is -1.06. The van der Waals surface area contributed by atoms with Crippen LogP contribution in [0.1, 0.15) is 65.7 Å². The number of amides is 1. The fraction of sp³-hybridized carbons (Fsp3) is 0.867. The summed E-state index contributed by atoms with van der Waals surface area (Å²) in [5.41, 5.74) is -0.197. The van der Waals surface area contributed by atoms with E-state index in [0.29, 0.717) is 13.0 Å². The lowest BCUT2D eigenvalue weighted by Crippen LogP contribution is -2.37. The molecule has 1 saturated carbocycles. The molecule has 0 saturated heterocycles. The minimum absolute atomic E-state index is 0.00433. The molecule has 1 amide bonds. The molecule has 4 nitrogen and oxygen atoms in total. The Morgan fingerprint density at radius 3 is 2.26 bits per heavy atom. The molecule has 1 aliphatic rings. The Morgan fingerprint density at radius 2 is 1.79 bits per heavy atom. The molecule has 4 heteroatoms. The number of carbonyl (C=O) groups excluding carboxylic acids is 1. The summed E-state index contributed by atoms with van der Waals surface area (Å²) in [6, 6.07) is 0. The van der Waals surface area contributed by atoms with Crippen molar-refractivity contribution in [2.75, 3.05) is 6.54 Å². The second kappa shape index (κ2) is 6.40. The van der Waals surface area contributed by atoms with Crippen LogP contribution in [0.2, 0.25) is 0 Å². The monoisotopic (exact) mass is 269 g/mol. The molecule has 1 rings (SSSR count). The highest BCUT2D eigenvalue weighted by molar-refractivity contribution is 5.78. The lowest BCUT2D eigenvalue weighted by atomic mass is 9.79. The van der Waals surface area contributed by atoms with E-state index >= 15 is 0 Å². The number of aliphatic carboxylic acids is 1. The number of rotatable bonds is 7. The smallest absolute Gasteiger partial charge is 0.303 e. The van der Waals surface area contributed by atoms with Crippen LogP contribution in [0.15, 0.2) is 0 Å². The molecule has 0 spiro atoms. The molecule has 1 aliphatic carbocycles. The Balaban J connectivity index is 2.51. The summed E-state index contributed by atoms with van der Waals surface area (Å²) in [6.07, 6.45) is 5.31. The fourth-order valence-electron chi connectivity index (χ4n) is 2.73. The third-order valence-electron chi connectivity index (χ3n) is 4.45. The molecule has 0 aliphatic heterocycles. The Labute approximate surface area is 116 Å². The van der Waals surface area contributed by atoms with Gasteiger partial charge >= 0.3 is 5.97 Å². The van der Waals surface area contributed by atoms with Gasteiger partial charge in [0.15, 0.2) is 0 Å². The van der Waals surface area contributed by atoms with Gasteiger partial charge in [-0.05, 0) is 30.1 Å². The Bertz CT molecular complexity index is 330. The number of carboxylic acids is 1. The highest BCUT2D eigenvalue weighted by atomic mass is 16.4. The number of hydrogen-bond donors (Lipinski definition) is 2. The summed E-state index contributed by atoms with van der Waals surface area (Å²) in [7, 11) is 0. The van der Waals surface area contributed by atoms with Crippen molar-refractivity contribution in [3.63, 3.8) is 0 Å². The number of carbonyl (C=O) groups is 2. The first-order chi connectivity index (χ1) is 8.79. The van der Waals surface area contributed by atoms with Gasteiger partial charge in [-0.1, -0.05) is 33.6 Å². The normalized spacial score (nSPS) is 18.3. The molecule has 0 aromatic carbocycles. The van der Waals surface area contributed by atoms with Crippen LogP contribution in [0, 0.1) is 10.8 Å². The lowest BCUT2D eigenvalue weighted by Gasteiger charge is -2.28. The van der Waals surface area contributed by atoms with Gasteiger partial charge in [-0.3, -0.25) is 9.59 Å². The van der Waals surface area contributed by atoms with Gasteiger partial charge < -0.3 is 10.4 Å². The zero-order valence-corrected chi connectivity index (χ0v) is 12.4. The minimum atomic E-state index is -0.788. The van der Waals surface area contributed by atoms with Crippen LogP contribution in [0.4, 0.5) is 0 Å². The predicted octanol–water partition coefficient (Wildman–Crippen LogP) is 2.96. The zero-order chi connectivity index (χ0) is 14.5. The van der Waals surface area contributed by atoms with Crippen molar-refractivity contribution in [3.05, 3.63) is 0 Å². The molecular weight excluding hydrogens is 242 g/mol. The summed E-state index contributed by atoms with van der Waals surface area (Å²) in [4.78, 5) is 23.0. The highest BCUT2D eigenvalue weighted by Gasteiger charge is 2.38. The molecular formula is C15H27NO3. The molecule has 19 heavy (non-hydrogen) atoms. The molecule has 0 unspecified atom stereocenters. The van der Waals surface area contributed by atoms with Gasteiger partial charge in [0.1, 0.15) is 0 Å². The van der Waals surface area contributed by atoms with Crippen molar-refractivity contribution in [2.24, 2.45) is 10.8 Å². The predicted molar refractivity (Wildman–Crippen MR) is 74.9 cm³/mol. The van der Waals surface area contributed by atoms with E-state index in [1.807, 2.05) is 0 Å². The minimum Gasteiger partial charge on any atom is -0.481 e. The molecule has 1 fully saturated rings. The quantitative estimate of drug-likeness (QED) is 0.746. The molecule has 2 N–H and O–H groups in total. The largest absolute Gasteiger partial charge is 0.481 e. The summed E-state index contributed by atoms with van der Waals surface area (Å²) < 4.78 is 0. The Morgan fingerprint density at radius 1 is 1.21 bits per heavy atom. The second-order valence-corrected chi connectivity index (χ2v) is 6.75. The van der Waals surface area contributed by atoms with E-state index in [1.165, 1.54) is 0 Å². The van der Waals surface area contributed by atoms with Gasteiger partial charge in [0.2, 0.25) is 5.91 Å². The number of nitrogens with one attached hydrogen (secondary N) is 1. The van der Waals surface area contributed by atoms with Crippen LogP contribution >= 0.6 is 0 Å². The molecule has 0 aromatic heterocycles. The van der Waals surface area contributed by atoms with Gasteiger partial charge in [-0.25, -0.2) is 0 Å². The van der Waals surface area contributed by atoms with Crippen LogP contribution in [0.25, 0.3) is 0 Å². The summed E-state index contributed by atoms with van der Waals surface area (Å²) in [5, 5.41) is 12.0. The maximum Gasteiger partial charge on any atom is 0.303 e. The van der Waals surface area contributed by atoms with E-state index in [-0.39, 0.29) is 23.2 Å². The van der Waals surface area contributed by atoms with Gasteiger partial charge in [0, 0.05) is 13.0 Å². The van der Waals surface area contributed by atoms with E-state index < -0.39 is 5.97 Å². The molecule has 0 atom stereocenters. The molecule has 110 valence electrons. The molecule has 0 bridgehead atoms. The van der Waals surface area contributed by atoms with Gasteiger partial charge in [0.25, 0.3) is 0 Å². The topological polar surface area (TPSA) is 66.4 Å². The van der Waals surface area contributed by atoms with Crippen molar-refractivity contribution in [1.82, 2.24) is 5.32 Å². The van der Waals surface area contributed by atoms with Crippen molar-refractivity contribution < 1.29 is 14.7 Å². The number of hydrogen-bond acceptors (Lipinski definition) is 2. The van der Waals surface area contributed by atoms with E-state index in [4.69, 9.17) is 5.11 Å². The first-order valence-electron chi connectivity index (χ1n) is 7.27. The van der Waals surface area contributed by atoms with Gasteiger partial charge in [0.05, 0.1) is 6.42 Å². The maximum atomic E-state index is 12.0. The first kappa shape index (κ1) is 16.0. The summed E-state index contributed by atoms with van der Waals surface area (Å²) in [6.45, 7) is 7.01. The third-order valence-corrected chi connectivity index (χ3v) is 4.45. The fourth-order valence-corrected chi connectivity index (χ4v) is 2.73. The lowest BCUT2D eigenvalue weighted by molar-refractivity contribution is -0.140. The number of carboxylic acid groups (broad SMARTS) is 1. The third kappa shape index (κ3) is 5.21. The maximum absolute atomic E-state index is 12.0. The average Bonchev–Trinajstić information content (AvgIpc) is 2.74. The molecule has 0 radical (unpaired) electrons. The van der Waals surface area contributed by atoms with Gasteiger partial charge in [-0.2, -0.15) is 0 Å². The van der Waals surface area contributed by atoms with Gasteiger partial charge in [-0.15, -0.1) is 0 Å². The highest BCUT2D eigenvalue weighted by Crippen LogP contribution is 2.44. The van der Waals surface area contributed by atoms with Crippen molar-refractivity contribution in [2.45, 2.75) is 65.7 Å². The standard InChI is InChI=1S/C15H27NO3/c1-4-14(2,3)11-16-12(17)9-15(10-13(18)19)7-5-6-8-15/h4-11H2,1-3H3,(H,16,17)(H,18,19). The SMILES string of the molecule is CCC(C)(C)CNC(=O)CC1(CC(=O)O)CCCC1. The van der Waals surface area contributed by atoms with Crippen LogP contribution in [0.3, 0.4) is 0 Å². The van der Waals surface area contributed by atoms with E-state index in [0.717, 1.165) is 32.1 Å². The van der Waals surface area contributed by atoms with E-state index in [2.05, 4.69) is 26.1 Å². The molecule has 0 aromatic rings. The van der Waals surface area contributed by atoms with Crippen molar-refractivity contribution in [3.8, 4) is 0 Å². The second-order valence-electron chi connectivity index (χ2n) is 6.75. The summed E-state index contributed by atoms with van der Waals surface area (Å²) in [5.74, 6) is -0.784. The first-order valence-corrected chi connectivity index (χ1v) is 7.27. The van der Waals surface area contributed by atoms with Crippen molar-refractivity contribution >= 4 is 11.9 Å².